The monoisotopic (exact) mass is 564 g/mol. The molecule has 0 fully saturated rings. The van der Waals surface area contributed by atoms with Crippen LogP contribution in [-0.4, -0.2) is 112 Å². The summed E-state index contributed by atoms with van der Waals surface area (Å²) in [6.07, 6.45) is 6.20. The summed E-state index contributed by atoms with van der Waals surface area (Å²) < 4.78 is 38.1. The summed E-state index contributed by atoms with van der Waals surface area (Å²) >= 11 is 0. The number of rotatable bonds is 19. The molecule has 220 valence electrons. The van der Waals surface area contributed by atoms with Gasteiger partial charge in [0.2, 0.25) is 11.6 Å². The Balaban J connectivity index is 1.15. The van der Waals surface area contributed by atoms with Crippen LogP contribution >= 0.6 is 0 Å². The summed E-state index contributed by atoms with van der Waals surface area (Å²) in [7, 11) is 0. The molecule has 1 atom stereocenters. The second-order valence-electron chi connectivity index (χ2n) is 8.42. The molecule has 3 heterocycles. The number of aromatic nitrogens is 4. The third kappa shape index (κ3) is 12.5. The van der Waals surface area contributed by atoms with E-state index in [1.807, 2.05) is 12.2 Å². The second-order valence-corrected chi connectivity index (χ2v) is 8.42. The van der Waals surface area contributed by atoms with Gasteiger partial charge in [0, 0.05) is 18.0 Å². The van der Waals surface area contributed by atoms with Gasteiger partial charge in [-0.3, -0.25) is 0 Å². The van der Waals surface area contributed by atoms with Crippen molar-refractivity contribution < 1.29 is 38.0 Å². The summed E-state index contributed by atoms with van der Waals surface area (Å²) in [6, 6.07) is 0. The second kappa shape index (κ2) is 19.5. The van der Waals surface area contributed by atoms with Crippen LogP contribution in [0.5, 0.6) is 0 Å². The predicted molar refractivity (Wildman–Crippen MR) is 140 cm³/mol. The molecule has 0 aromatic carbocycles. The molecule has 1 unspecified atom stereocenters. The summed E-state index contributed by atoms with van der Waals surface area (Å²) in [5.74, 6) is 1.67. The van der Waals surface area contributed by atoms with Crippen molar-refractivity contribution in [1.29, 1.82) is 0 Å². The van der Waals surface area contributed by atoms with E-state index in [0.29, 0.717) is 96.3 Å². The largest absolute Gasteiger partial charge is 0.490 e. The van der Waals surface area contributed by atoms with Gasteiger partial charge in [0.1, 0.15) is 12.7 Å². The minimum atomic E-state index is -0.553. The van der Waals surface area contributed by atoms with Crippen LogP contribution in [0.15, 0.2) is 17.3 Å². The van der Waals surface area contributed by atoms with E-state index in [0.717, 1.165) is 19.3 Å². The van der Waals surface area contributed by atoms with Crippen LogP contribution in [0.3, 0.4) is 0 Å². The molecular weight excluding hydrogens is 528 g/mol. The molecule has 0 saturated heterocycles. The Labute approximate surface area is 232 Å². The van der Waals surface area contributed by atoms with Gasteiger partial charge in [0.05, 0.1) is 59.5 Å². The number of nitrogens with one attached hydrogen (secondary N) is 1. The third-order valence-electron chi connectivity index (χ3n) is 5.40. The van der Waals surface area contributed by atoms with Gasteiger partial charge in [-0.25, -0.2) is 4.79 Å². The lowest BCUT2D eigenvalue weighted by atomic mass is 10.1. The van der Waals surface area contributed by atoms with Gasteiger partial charge >= 0.3 is 6.09 Å². The molecule has 0 bridgehead atoms. The number of nitrogens with zero attached hydrogens (tertiary/aromatic N) is 7. The number of azide groups is 1. The fourth-order valence-electron chi connectivity index (χ4n) is 3.45. The molecule has 1 amide bonds. The zero-order valence-electron chi connectivity index (χ0n) is 22.4. The van der Waals surface area contributed by atoms with Crippen molar-refractivity contribution in [3.05, 3.63) is 34.2 Å². The number of hydrogen-bond acceptors (Lipinski definition) is 13. The lowest BCUT2D eigenvalue weighted by Gasteiger charge is -2.23. The number of ether oxygens (including phenoxy) is 7. The minimum absolute atomic E-state index is 0.0848. The smallest absolute Gasteiger partial charge is 0.407 e. The van der Waals surface area contributed by atoms with Crippen LogP contribution in [0, 0.1) is 0 Å². The highest BCUT2D eigenvalue weighted by Crippen LogP contribution is 2.23. The van der Waals surface area contributed by atoms with Crippen molar-refractivity contribution in [2.75, 3.05) is 79.2 Å². The van der Waals surface area contributed by atoms with Gasteiger partial charge in [0.15, 0.2) is 11.5 Å². The first-order chi connectivity index (χ1) is 19.8. The molecule has 2 aliphatic heterocycles. The van der Waals surface area contributed by atoms with E-state index >= 15 is 0 Å². The standard InChI is InChI=1S/C24H36N8O8/c25-32-27-8-11-35-13-15-37-17-16-36-14-12-34-10-7-26-24(33)39-18-19-4-3-6-21(40-19)23-30-28-22(29-31-23)20-5-1-2-9-38-20/h5-6,19H,1-4,7-18H2,(H,26,33). The van der Waals surface area contributed by atoms with Gasteiger partial charge in [-0.15, -0.1) is 20.4 Å². The van der Waals surface area contributed by atoms with Crippen molar-refractivity contribution >= 4 is 17.6 Å². The van der Waals surface area contributed by atoms with E-state index in [2.05, 4.69) is 35.7 Å². The lowest BCUT2D eigenvalue weighted by molar-refractivity contribution is -0.000770. The third-order valence-corrected chi connectivity index (χ3v) is 5.40. The van der Waals surface area contributed by atoms with Crippen LogP contribution in [0.25, 0.3) is 22.0 Å². The average Bonchev–Trinajstić information content (AvgIpc) is 3.00. The quantitative estimate of drug-likeness (QED) is 0.111. The van der Waals surface area contributed by atoms with Gasteiger partial charge in [-0.1, -0.05) is 5.11 Å². The van der Waals surface area contributed by atoms with E-state index in [9.17, 15) is 4.79 Å². The molecule has 16 nitrogen and oxygen atoms in total. The molecule has 3 rings (SSSR count). The maximum atomic E-state index is 12.0. The molecule has 0 aliphatic carbocycles. The van der Waals surface area contributed by atoms with Crippen LogP contribution < -0.4 is 5.32 Å². The van der Waals surface area contributed by atoms with E-state index < -0.39 is 6.09 Å². The normalized spacial score (nSPS) is 16.6. The van der Waals surface area contributed by atoms with Crippen molar-refractivity contribution in [3.63, 3.8) is 0 Å². The number of carbonyl (C=O) groups is 1. The number of allylic oxidation sites excluding steroid dienone is 2. The molecule has 0 saturated carbocycles. The van der Waals surface area contributed by atoms with Crippen LogP contribution in [0.2, 0.25) is 0 Å². The molecule has 16 heteroatoms. The zero-order chi connectivity index (χ0) is 28.1. The first kappa shape index (κ1) is 31.0. The van der Waals surface area contributed by atoms with Crippen molar-refractivity contribution in [3.8, 4) is 0 Å². The Morgan fingerprint density at radius 2 is 1.55 bits per heavy atom. The first-order valence-corrected chi connectivity index (χ1v) is 13.3. The Hall–Kier alpha value is -3.56. The summed E-state index contributed by atoms with van der Waals surface area (Å²) in [4.78, 5) is 14.6. The maximum absolute atomic E-state index is 12.0. The number of hydrogen-bond donors (Lipinski definition) is 1. The van der Waals surface area contributed by atoms with Crippen molar-refractivity contribution in [2.45, 2.75) is 31.8 Å². The zero-order valence-corrected chi connectivity index (χ0v) is 22.4. The molecule has 1 aromatic rings. The Bertz CT molecular complexity index is 988. The van der Waals surface area contributed by atoms with Crippen LogP contribution in [-0.2, 0) is 33.2 Å². The van der Waals surface area contributed by atoms with Crippen LogP contribution in [0.4, 0.5) is 4.79 Å². The highest BCUT2D eigenvalue weighted by Gasteiger charge is 2.22. The summed E-state index contributed by atoms with van der Waals surface area (Å²) in [5.41, 5.74) is 8.14. The summed E-state index contributed by atoms with van der Waals surface area (Å²) in [5, 5.41) is 22.4. The van der Waals surface area contributed by atoms with Crippen LogP contribution in [0.1, 0.15) is 37.3 Å². The minimum Gasteiger partial charge on any atom is -0.490 e. The average molecular weight is 565 g/mol. The van der Waals surface area contributed by atoms with Crippen molar-refractivity contribution in [2.24, 2.45) is 5.11 Å². The van der Waals surface area contributed by atoms with Gasteiger partial charge in [-0.2, -0.15) is 0 Å². The Kier molecular flexibility index (Phi) is 15.1. The first-order valence-electron chi connectivity index (χ1n) is 13.3. The Morgan fingerprint density at radius 3 is 2.20 bits per heavy atom. The highest BCUT2D eigenvalue weighted by molar-refractivity contribution is 5.67. The molecule has 0 radical (unpaired) electrons. The molecule has 1 aromatic heterocycles. The van der Waals surface area contributed by atoms with E-state index in [1.165, 1.54) is 0 Å². The molecule has 1 N–H and O–H groups in total. The van der Waals surface area contributed by atoms with Gasteiger partial charge in [0.25, 0.3) is 0 Å². The number of amides is 1. The van der Waals surface area contributed by atoms with Gasteiger partial charge in [-0.05, 0) is 43.4 Å². The van der Waals surface area contributed by atoms with E-state index in [1.54, 1.807) is 0 Å². The van der Waals surface area contributed by atoms with Gasteiger partial charge < -0.3 is 38.5 Å². The molecule has 40 heavy (non-hydrogen) atoms. The fourth-order valence-corrected chi connectivity index (χ4v) is 3.45. The van der Waals surface area contributed by atoms with E-state index in [4.69, 9.17) is 38.7 Å². The van der Waals surface area contributed by atoms with Crippen molar-refractivity contribution in [1.82, 2.24) is 25.7 Å². The summed E-state index contributed by atoms with van der Waals surface area (Å²) in [6.45, 7) is 4.56. The SMILES string of the molecule is [N-]=[N+]=NCCOCCOCCOCCOCCNC(=O)OCC1CCC=C(c2nnc(C3=CCCCO3)nn2)O1. The molecule has 2 aliphatic rings. The predicted octanol–water partition coefficient (Wildman–Crippen LogP) is 2.04. The fraction of sp³-hybridized carbons (Fsp3) is 0.708. The lowest BCUT2D eigenvalue weighted by Crippen LogP contribution is -2.32. The topological polar surface area (TPSA) is 194 Å². The molecular formula is C24H36N8O8. The number of carbonyl (C=O) groups excluding carboxylic acids is 1. The van der Waals surface area contributed by atoms with E-state index in [-0.39, 0.29) is 18.5 Å². The maximum Gasteiger partial charge on any atom is 0.407 e. The highest BCUT2D eigenvalue weighted by atomic mass is 16.6. The Morgan fingerprint density at radius 1 is 0.925 bits per heavy atom. The number of alkyl carbamates (subject to hydrolysis) is 1. The molecule has 0 spiro atoms.